The van der Waals surface area contributed by atoms with E-state index >= 15 is 0 Å². The van der Waals surface area contributed by atoms with Crippen molar-refractivity contribution in [3.8, 4) is 0 Å². The highest BCUT2D eigenvalue weighted by atomic mass is 19.3. The fourth-order valence-electron chi connectivity index (χ4n) is 6.00. The highest BCUT2D eigenvalue weighted by Gasteiger charge is 2.40. The number of carbonyl (C=O) groups is 4. The Morgan fingerprint density at radius 3 is 2.42 bits per heavy atom. The smallest absolute Gasteiger partial charge is 0.248 e. The van der Waals surface area contributed by atoms with Crippen LogP contribution in [0.25, 0.3) is 0 Å². The van der Waals surface area contributed by atoms with Gasteiger partial charge in [0.25, 0.3) is 0 Å². The van der Waals surface area contributed by atoms with Crippen LogP contribution in [-0.2, 0) is 19.2 Å². The fraction of sp³-hybridized carbons (Fsp3) is 0.833. The number of piperidine rings is 1. The number of nitrogens with one attached hydrogen (secondary N) is 2. The summed E-state index contributed by atoms with van der Waals surface area (Å²) in [5.74, 6) is -4.32. The molecule has 4 amide bonds. The molecule has 2 bridgehead atoms. The Hall–Kier alpha value is -2.34. The summed E-state index contributed by atoms with van der Waals surface area (Å²) in [6.07, 6.45) is 3.29. The third-order valence-corrected chi connectivity index (χ3v) is 8.10. The van der Waals surface area contributed by atoms with Gasteiger partial charge in [-0.2, -0.15) is 0 Å². The first-order valence-corrected chi connectivity index (χ1v) is 13.1. The molecule has 4 N–H and O–H groups in total. The van der Waals surface area contributed by atoms with E-state index in [1.165, 1.54) is 4.90 Å². The van der Waals surface area contributed by atoms with Crippen molar-refractivity contribution in [3.63, 3.8) is 0 Å². The van der Waals surface area contributed by atoms with Gasteiger partial charge < -0.3 is 26.2 Å². The molecule has 202 valence electrons. The van der Waals surface area contributed by atoms with Gasteiger partial charge in [-0.15, -0.1) is 0 Å². The molecule has 4 saturated heterocycles. The van der Waals surface area contributed by atoms with Crippen molar-refractivity contribution in [2.75, 3.05) is 39.3 Å². The van der Waals surface area contributed by atoms with Crippen molar-refractivity contribution in [2.24, 2.45) is 5.73 Å². The molecule has 1 aliphatic carbocycles. The van der Waals surface area contributed by atoms with Crippen LogP contribution < -0.4 is 16.4 Å². The van der Waals surface area contributed by atoms with Gasteiger partial charge in [0.1, 0.15) is 6.04 Å². The maximum absolute atomic E-state index is 13.7. The molecular formula is C24H38F2N6O4. The van der Waals surface area contributed by atoms with Gasteiger partial charge in [-0.3, -0.25) is 24.1 Å². The van der Waals surface area contributed by atoms with Crippen molar-refractivity contribution in [1.29, 1.82) is 0 Å². The minimum absolute atomic E-state index is 0.0494. The van der Waals surface area contributed by atoms with Crippen LogP contribution in [0.3, 0.4) is 0 Å². The minimum atomic E-state index is -2.61. The number of fused-ring (bicyclic) bond motifs is 9. The van der Waals surface area contributed by atoms with Crippen LogP contribution in [0.2, 0.25) is 0 Å². The largest absolute Gasteiger partial charge is 0.368 e. The lowest BCUT2D eigenvalue weighted by Gasteiger charge is -2.40. The summed E-state index contributed by atoms with van der Waals surface area (Å²) in [6.45, 7) is 2.22. The fourth-order valence-corrected chi connectivity index (χ4v) is 6.00. The normalized spacial score (nSPS) is 29.2. The Morgan fingerprint density at radius 2 is 1.75 bits per heavy atom. The summed E-state index contributed by atoms with van der Waals surface area (Å²) in [6, 6.07) is -1.36. The average Bonchev–Trinajstić information content (AvgIpc) is 3.33. The highest BCUT2D eigenvalue weighted by Crippen LogP contribution is 2.33. The molecule has 5 rings (SSSR count). The van der Waals surface area contributed by atoms with Gasteiger partial charge in [-0.05, 0) is 45.1 Å². The first-order chi connectivity index (χ1) is 17.1. The molecule has 0 aromatic heterocycles. The van der Waals surface area contributed by atoms with Crippen molar-refractivity contribution in [1.82, 2.24) is 25.3 Å². The Bertz CT molecular complexity index is 840. The highest BCUT2D eigenvalue weighted by molar-refractivity contribution is 5.93. The maximum Gasteiger partial charge on any atom is 0.248 e. The quantitative estimate of drug-likeness (QED) is 0.469. The Labute approximate surface area is 210 Å². The second-order valence-electron chi connectivity index (χ2n) is 10.6. The molecule has 10 nitrogen and oxygen atoms in total. The van der Waals surface area contributed by atoms with Gasteiger partial charge in [0, 0.05) is 51.1 Å². The molecule has 0 aromatic rings. The lowest BCUT2D eigenvalue weighted by atomic mass is 9.92. The van der Waals surface area contributed by atoms with Crippen molar-refractivity contribution < 1.29 is 28.0 Å². The first-order valence-electron chi connectivity index (χ1n) is 13.1. The minimum Gasteiger partial charge on any atom is -0.368 e. The number of alkyl halides is 2. The number of primary amides is 1. The van der Waals surface area contributed by atoms with E-state index in [1.54, 1.807) is 4.90 Å². The van der Waals surface area contributed by atoms with Crippen LogP contribution in [0.15, 0.2) is 0 Å². The first kappa shape index (κ1) is 26.7. The molecule has 5 aliphatic rings. The van der Waals surface area contributed by atoms with Crippen LogP contribution in [0.1, 0.15) is 57.8 Å². The van der Waals surface area contributed by atoms with Crippen LogP contribution in [0, 0.1) is 0 Å². The van der Waals surface area contributed by atoms with Gasteiger partial charge in [-0.1, -0.05) is 0 Å². The molecule has 0 unspecified atom stereocenters. The van der Waals surface area contributed by atoms with Crippen LogP contribution in [0.5, 0.6) is 0 Å². The molecule has 2 atom stereocenters. The van der Waals surface area contributed by atoms with Crippen LogP contribution in [0.4, 0.5) is 8.78 Å². The second kappa shape index (κ2) is 11.4. The zero-order valence-corrected chi connectivity index (χ0v) is 20.7. The van der Waals surface area contributed by atoms with E-state index in [-0.39, 0.29) is 62.3 Å². The number of carbonyl (C=O) groups excluding carboxylic acids is 4. The lowest BCUT2D eigenvalue weighted by Crippen LogP contribution is -2.57. The number of nitrogens with zero attached hydrogens (tertiary/aromatic N) is 3. The van der Waals surface area contributed by atoms with E-state index in [1.807, 2.05) is 0 Å². The average molecular weight is 513 g/mol. The predicted molar refractivity (Wildman–Crippen MR) is 127 cm³/mol. The summed E-state index contributed by atoms with van der Waals surface area (Å²) in [4.78, 5) is 56.7. The van der Waals surface area contributed by atoms with E-state index < -0.39 is 23.8 Å². The zero-order chi connectivity index (χ0) is 25.9. The van der Waals surface area contributed by atoms with Crippen molar-refractivity contribution in [3.05, 3.63) is 0 Å². The molecule has 12 heteroatoms. The summed E-state index contributed by atoms with van der Waals surface area (Å²) in [5, 5.41) is 5.81. The molecule has 36 heavy (non-hydrogen) atoms. The molecule has 0 aromatic carbocycles. The van der Waals surface area contributed by atoms with Crippen LogP contribution in [-0.4, -0.2) is 108 Å². The Morgan fingerprint density at radius 1 is 1.06 bits per heavy atom. The Kier molecular flexibility index (Phi) is 8.44. The van der Waals surface area contributed by atoms with E-state index in [0.717, 1.165) is 25.8 Å². The number of hydrogen-bond donors (Lipinski definition) is 3. The lowest BCUT2D eigenvalue weighted by molar-refractivity contribution is -0.143. The molecule has 5 fully saturated rings. The van der Waals surface area contributed by atoms with Gasteiger partial charge in [0.05, 0.1) is 19.0 Å². The summed E-state index contributed by atoms with van der Waals surface area (Å²) in [7, 11) is 0. The number of rotatable bonds is 5. The second-order valence-corrected chi connectivity index (χ2v) is 10.6. The standard InChI is InChI=1S/C24H38F2N6O4/c25-24(26)7-3-16(4-8-24)28-9-13-31-15-20(33)29-18(22(27)35)14-21(34)30-11-5-17(6-12-30)32-10-1-2-19(32)23(31)36/h16-19,28H,1-15H2,(H2,27,35)(H,29,33)/t18-,19-/m0/s1. The van der Waals surface area contributed by atoms with E-state index in [4.69, 9.17) is 5.73 Å². The number of halogens is 2. The third-order valence-electron chi connectivity index (χ3n) is 8.10. The van der Waals surface area contributed by atoms with Crippen molar-refractivity contribution in [2.45, 2.75) is 87.9 Å². The zero-order valence-electron chi connectivity index (χ0n) is 20.7. The van der Waals surface area contributed by atoms with Crippen molar-refractivity contribution >= 4 is 23.6 Å². The SMILES string of the molecule is NC(=O)[C@@H]1CC(=O)N2CCC(CC2)N2CCC[C@H]2C(=O)N(CCNC2CCC(F)(F)CC2)CC(=O)N1. The topological polar surface area (TPSA) is 128 Å². The summed E-state index contributed by atoms with van der Waals surface area (Å²) < 4.78 is 26.9. The predicted octanol–water partition coefficient (Wildman–Crippen LogP) is -0.188. The molecule has 0 radical (unpaired) electrons. The van der Waals surface area contributed by atoms with Gasteiger partial charge in [0.15, 0.2) is 0 Å². The summed E-state index contributed by atoms with van der Waals surface area (Å²) >= 11 is 0. The third kappa shape index (κ3) is 6.50. The van der Waals surface area contributed by atoms with E-state index in [0.29, 0.717) is 38.9 Å². The van der Waals surface area contributed by atoms with Gasteiger partial charge in [-0.25, -0.2) is 8.78 Å². The maximum atomic E-state index is 13.7. The van der Waals surface area contributed by atoms with Gasteiger partial charge >= 0.3 is 0 Å². The molecule has 1 saturated carbocycles. The van der Waals surface area contributed by atoms with Crippen LogP contribution >= 0.6 is 0 Å². The summed E-state index contributed by atoms with van der Waals surface area (Å²) in [5.41, 5.74) is 5.46. The number of hydrogen-bond acceptors (Lipinski definition) is 6. The number of nitrogens with two attached hydrogens (primary N) is 1. The number of amides is 4. The Balaban J connectivity index is 1.47. The monoisotopic (exact) mass is 512 g/mol. The van der Waals surface area contributed by atoms with E-state index in [9.17, 15) is 28.0 Å². The molecule has 4 aliphatic heterocycles. The van der Waals surface area contributed by atoms with Gasteiger partial charge in [0.2, 0.25) is 29.6 Å². The molecule has 0 spiro atoms. The molecule has 4 heterocycles. The van der Waals surface area contributed by atoms with E-state index in [2.05, 4.69) is 15.5 Å². The molecular weight excluding hydrogens is 474 g/mol.